The molecule has 30 heavy (non-hydrogen) atoms. The van der Waals surface area contributed by atoms with Crippen molar-refractivity contribution in [3.05, 3.63) is 101 Å². The second-order valence-electron chi connectivity index (χ2n) is 6.98. The Morgan fingerprint density at radius 1 is 0.833 bits per heavy atom. The minimum atomic E-state index is -3.69. The van der Waals surface area contributed by atoms with Gasteiger partial charge < -0.3 is 0 Å². The first-order valence-corrected chi connectivity index (χ1v) is 12.7. The van der Waals surface area contributed by atoms with Crippen molar-refractivity contribution in [1.82, 2.24) is 0 Å². The Labute approximate surface area is 178 Å². The van der Waals surface area contributed by atoms with Gasteiger partial charge >= 0.3 is 0 Å². The summed E-state index contributed by atoms with van der Waals surface area (Å²) in [6.07, 6.45) is 6.10. The largest absolute Gasteiger partial charge is 0.219 e. The first-order valence-electron chi connectivity index (χ1n) is 9.75. The van der Waals surface area contributed by atoms with Gasteiger partial charge in [0.25, 0.3) is 0 Å². The lowest BCUT2D eigenvalue weighted by Gasteiger charge is -2.13. The molecule has 0 heterocycles. The molecule has 0 bridgehead atoms. The Balaban J connectivity index is 1.83. The monoisotopic (exact) mass is 440 g/mol. The van der Waals surface area contributed by atoms with Crippen LogP contribution in [0.2, 0.25) is 0 Å². The van der Waals surface area contributed by atoms with Crippen LogP contribution in [0.25, 0.3) is 0 Å². The summed E-state index contributed by atoms with van der Waals surface area (Å²) < 4.78 is 52.1. The second kappa shape index (κ2) is 9.43. The Morgan fingerprint density at radius 3 is 1.90 bits per heavy atom. The third-order valence-electron chi connectivity index (χ3n) is 5.02. The SMILES string of the molecule is C=C=C(CCC/C(=C1/C=CCC1)S(=O)(=O)c1ccccc1)S(=O)(=O)c1ccccc1. The highest BCUT2D eigenvalue weighted by molar-refractivity contribution is 7.95. The number of allylic oxidation sites excluding steroid dienone is 5. The van der Waals surface area contributed by atoms with Crippen LogP contribution in [0.5, 0.6) is 0 Å². The molecule has 0 amide bonds. The van der Waals surface area contributed by atoms with Gasteiger partial charge in [-0.1, -0.05) is 55.1 Å². The van der Waals surface area contributed by atoms with Gasteiger partial charge in [0.2, 0.25) is 19.7 Å². The molecule has 0 saturated heterocycles. The van der Waals surface area contributed by atoms with Crippen LogP contribution in [0.4, 0.5) is 0 Å². The van der Waals surface area contributed by atoms with Gasteiger partial charge in [0.05, 0.1) is 19.6 Å². The molecule has 1 aliphatic carbocycles. The molecule has 0 saturated carbocycles. The fourth-order valence-corrected chi connectivity index (χ4v) is 6.59. The maximum Gasteiger partial charge on any atom is 0.209 e. The van der Waals surface area contributed by atoms with E-state index >= 15 is 0 Å². The van der Waals surface area contributed by atoms with Crippen LogP contribution in [0, 0.1) is 0 Å². The van der Waals surface area contributed by atoms with E-state index in [2.05, 4.69) is 12.3 Å². The van der Waals surface area contributed by atoms with E-state index in [1.807, 2.05) is 12.2 Å². The molecule has 0 atom stereocenters. The summed E-state index contributed by atoms with van der Waals surface area (Å²) >= 11 is 0. The average molecular weight is 441 g/mol. The Kier molecular flexibility index (Phi) is 6.93. The molecule has 0 spiro atoms. The van der Waals surface area contributed by atoms with Gasteiger partial charge in [-0.3, -0.25) is 0 Å². The Bertz CT molecular complexity index is 1210. The third kappa shape index (κ3) is 4.73. The zero-order valence-electron chi connectivity index (χ0n) is 16.6. The van der Waals surface area contributed by atoms with Crippen LogP contribution in [-0.2, 0) is 19.7 Å². The highest BCUT2D eigenvalue weighted by Crippen LogP contribution is 2.32. The molecule has 3 rings (SSSR count). The normalized spacial score (nSPS) is 15.6. The number of hydrogen-bond acceptors (Lipinski definition) is 4. The van der Waals surface area contributed by atoms with Crippen molar-refractivity contribution in [2.45, 2.75) is 41.9 Å². The zero-order valence-corrected chi connectivity index (χ0v) is 18.3. The van der Waals surface area contributed by atoms with E-state index in [-0.39, 0.29) is 27.5 Å². The maximum atomic E-state index is 13.2. The van der Waals surface area contributed by atoms with E-state index in [1.54, 1.807) is 48.5 Å². The molecule has 0 unspecified atom stereocenters. The number of benzene rings is 2. The van der Waals surface area contributed by atoms with Crippen molar-refractivity contribution in [2.24, 2.45) is 0 Å². The number of hydrogen-bond donors (Lipinski definition) is 0. The quantitative estimate of drug-likeness (QED) is 0.517. The van der Waals surface area contributed by atoms with E-state index in [4.69, 9.17) is 0 Å². The minimum absolute atomic E-state index is 0.0807. The van der Waals surface area contributed by atoms with Gasteiger partial charge in [0.15, 0.2) is 0 Å². The molecule has 156 valence electrons. The van der Waals surface area contributed by atoms with E-state index in [9.17, 15) is 16.8 Å². The zero-order chi connectivity index (χ0) is 21.6. The lowest BCUT2D eigenvalue weighted by atomic mass is 10.1. The van der Waals surface area contributed by atoms with Crippen LogP contribution in [0.1, 0.15) is 32.1 Å². The number of rotatable bonds is 8. The third-order valence-corrected chi connectivity index (χ3v) is 8.92. The fourth-order valence-electron chi connectivity index (χ4n) is 3.46. The molecular weight excluding hydrogens is 416 g/mol. The van der Waals surface area contributed by atoms with Gasteiger partial charge in [0.1, 0.15) is 0 Å². The summed E-state index contributed by atoms with van der Waals surface area (Å²) in [7, 11) is -7.34. The minimum Gasteiger partial charge on any atom is -0.219 e. The van der Waals surface area contributed by atoms with Crippen molar-refractivity contribution < 1.29 is 16.8 Å². The van der Waals surface area contributed by atoms with E-state index < -0.39 is 19.7 Å². The van der Waals surface area contributed by atoms with Gasteiger partial charge in [-0.15, -0.1) is 5.73 Å². The van der Waals surface area contributed by atoms with Crippen LogP contribution >= 0.6 is 0 Å². The van der Waals surface area contributed by atoms with Crippen molar-refractivity contribution in [3.8, 4) is 0 Å². The van der Waals surface area contributed by atoms with Crippen LogP contribution in [0.3, 0.4) is 0 Å². The molecule has 1 aliphatic rings. The Hall–Kier alpha value is -2.66. The lowest BCUT2D eigenvalue weighted by Crippen LogP contribution is -2.09. The standard InChI is InChI=1S/C24H24O4S2/c1-2-21(29(25,26)22-14-5-3-6-15-22)18-11-19-24(20-12-9-10-13-20)30(27,28)23-16-7-4-8-17-23/h3-9,12,14-17H,1,10-11,13,18-19H2/b24-20+. The highest BCUT2D eigenvalue weighted by Gasteiger charge is 2.25. The van der Waals surface area contributed by atoms with E-state index in [0.29, 0.717) is 17.7 Å². The second-order valence-corrected chi connectivity index (χ2v) is 10.9. The molecular formula is C24H24O4S2. The first kappa shape index (κ1) is 22.0. The predicted molar refractivity (Wildman–Crippen MR) is 119 cm³/mol. The summed E-state index contributed by atoms with van der Waals surface area (Å²) in [5.74, 6) is 0. The molecule has 2 aromatic rings. The Morgan fingerprint density at radius 2 is 1.40 bits per heavy atom. The van der Waals surface area contributed by atoms with Crippen molar-refractivity contribution >= 4 is 19.7 Å². The maximum absolute atomic E-state index is 13.2. The molecule has 6 heteroatoms. The van der Waals surface area contributed by atoms with Crippen LogP contribution in [-0.4, -0.2) is 16.8 Å². The summed E-state index contributed by atoms with van der Waals surface area (Å²) in [6, 6.07) is 16.5. The smallest absolute Gasteiger partial charge is 0.209 e. The van der Waals surface area contributed by atoms with Crippen molar-refractivity contribution in [2.75, 3.05) is 0 Å². The van der Waals surface area contributed by atoms with Crippen molar-refractivity contribution in [1.29, 1.82) is 0 Å². The lowest BCUT2D eigenvalue weighted by molar-refractivity contribution is 0.597. The molecule has 0 aromatic heterocycles. The van der Waals surface area contributed by atoms with Crippen LogP contribution in [0.15, 0.2) is 110 Å². The highest BCUT2D eigenvalue weighted by atomic mass is 32.2. The first-order chi connectivity index (χ1) is 14.4. The molecule has 0 fully saturated rings. The van der Waals surface area contributed by atoms with Gasteiger partial charge in [-0.05, 0) is 61.9 Å². The summed E-state index contributed by atoms with van der Waals surface area (Å²) in [5, 5.41) is 0. The van der Waals surface area contributed by atoms with Crippen molar-refractivity contribution in [3.63, 3.8) is 0 Å². The van der Waals surface area contributed by atoms with Gasteiger partial charge in [-0.25, -0.2) is 16.8 Å². The van der Waals surface area contributed by atoms with Gasteiger partial charge in [-0.2, -0.15) is 0 Å². The molecule has 0 N–H and O–H groups in total. The van der Waals surface area contributed by atoms with Crippen LogP contribution < -0.4 is 0 Å². The average Bonchev–Trinajstić information content (AvgIpc) is 3.29. The number of sulfone groups is 2. The molecule has 4 nitrogen and oxygen atoms in total. The fraction of sp³-hybridized carbons (Fsp3) is 0.208. The molecule has 2 aromatic carbocycles. The summed E-state index contributed by atoms with van der Waals surface area (Å²) in [6.45, 7) is 3.54. The molecule has 0 aliphatic heterocycles. The summed E-state index contributed by atoms with van der Waals surface area (Å²) in [4.78, 5) is 0.884. The van der Waals surface area contributed by atoms with E-state index in [1.165, 1.54) is 12.1 Å². The molecule has 0 radical (unpaired) electrons. The van der Waals surface area contributed by atoms with E-state index in [0.717, 1.165) is 12.0 Å². The van der Waals surface area contributed by atoms with Gasteiger partial charge in [0, 0.05) is 0 Å². The topological polar surface area (TPSA) is 68.3 Å². The summed E-state index contributed by atoms with van der Waals surface area (Å²) in [5.41, 5.74) is 3.35. The predicted octanol–water partition coefficient (Wildman–Crippen LogP) is 5.38.